The predicted molar refractivity (Wildman–Crippen MR) is 196 cm³/mol. The molecule has 44 heavy (non-hydrogen) atoms. The van der Waals surface area contributed by atoms with Crippen molar-refractivity contribution >= 4 is 0 Å². The second-order valence-electron chi connectivity index (χ2n) is 13.2. The van der Waals surface area contributed by atoms with Crippen molar-refractivity contribution in [3.05, 3.63) is 48.6 Å². The Hall–Kier alpha value is -1.16. The molecule has 0 aromatic carbocycles. The fraction of sp³-hybridized carbons (Fsp3) is 0.805. The zero-order valence-electron chi connectivity index (χ0n) is 29.8. The quantitative estimate of drug-likeness (QED) is 0.0556. The first-order valence-electron chi connectivity index (χ1n) is 19.3. The lowest BCUT2D eigenvalue weighted by Gasteiger charge is -2.20. The van der Waals surface area contributed by atoms with Crippen LogP contribution in [0.2, 0.25) is 0 Å². The van der Waals surface area contributed by atoms with Crippen molar-refractivity contribution in [2.75, 3.05) is 33.4 Å². The van der Waals surface area contributed by atoms with Crippen molar-refractivity contribution in [2.24, 2.45) is 0 Å². The molecule has 1 saturated heterocycles. The van der Waals surface area contributed by atoms with E-state index in [1.54, 1.807) is 0 Å². The largest absolute Gasteiger partial charge is 0.374 e. The molecule has 1 rings (SSSR count). The van der Waals surface area contributed by atoms with Crippen LogP contribution in [0.1, 0.15) is 168 Å². The van der Waals surface area contributed by atoms with Gasteiger partial charge in [0, 0.05) is 26.3 Å². The molecule has 3 nitrogen and oxygen atoms in total. The molecule has 1 aliphatic rings. The first-order chi connectivity index (χ1) is 21.8. The molecule has 0 N–H and O–H groups in total. The van der Waals surface area contributed by atoms with Gasteiger partial charge < -0.3 is 14.4 Å². The molecule has 1 unspecified atom stereocenters. The normalized spacial score (nSPS) is 18.0. The fourth-order valence-electron chi connectivity index (χ4n) is 5.89. The van der Waals surface area contributed by atoms with Gasteiger partial charge in [-0.3, -0.25) is 0 Å². The predicted octanol–water partition coefficient (Wildman–Crippen LogP) is 12.3. The highest BCUT2D eigenvalue weighted by molar-refractivity contribution is 4.93. The van der Waals surface area contributed by atoms with E-state index < -0.39 is 0 Å². The number of likely N-dealkylation sites (N-methyl/N-ethyl adjacent to an activating group) is 1. The number of hydrogen-bond acceptors (Lipinski definition) is 3. The number of hydrogen-bond donors (Lipinski definition) is 0. The number of likely N-dealkylation sites (tertiary alicyclic amines) is 1. The summed E-state index contributed by atoms with van der Waals surface area (Å²) in [5, 5.41) is 0. The van der Waals surface area contributed by atoms with Crippen molar-refractivity contribution in [1.82, 2.24) is 4.90 Å². The summed E-state index contributed by atoms with van der Waals surface area (Å²) in [6.07, 6.45) is 50.2. The standard InChI is InChI=1S/C41H75NO2/c1-4-6-8-10-12-14-16-18-20-22-24-26-28-30-32-34-36-43-40-38-42(3)39-41(40)44-37-35-33-31-29-27-25-23-21-19-17-15-13-11-9-7-5-2/h12-15,18-21,40-41H,4-11,16-17,22-39H2,1-3H3/t40-,41?/m0/s1. The lowest BCUT2D eigenvalue weighted by Crippen LogP contribution is -2.30. The number of ether oxygens (including phenoxy) is 2. The number of nitrogens with zero attached hydrogens (tertiary/aromatic N) is 1. The molecule has 0 bridgehead atoms. The maximum Gasteiger partial charge on any atom is 0.0975 e. The van der Waals surface area contributed by atoms with E-state index in [9.17, 15) is 0 Å². The highest BCUT2D eigenvalue weighted by Gasteiger charge is 2.32. The lowest BCUT2D eigenvalue weighted by molar-refractivity contribution is -0.0481. The number of unbranched alkanes of at least 4 members (excludes halogenated alkanes) is 18. The molecule has 0 aliphatic carbocycles. The van der Waals surface area contributed by atoms with E-state index in [0.29, 0.717) is 0 Å². The topological polar surface area (TPSA) is 21.7 Å². The Morgan fingerprint density at radius 2 is 0.750 bits per heavy atom. The molecule has 0 aromatic rings. The summed E-state index contributed by atoms with van der Waals surface area (Å²) in [6, 6.07) is 0. The van der Waals surface area contributed by atoms with Crippen LogP contribution in [-0.4, -0.2) is 50.5 Å². The van der Waals surface area contributed by atoms with Gasteiger partial charge in [-0.2, -0.15) is 0 Å². The van der Waals surface area contributed by atoms with Gasteiger partial charge in [-0.1, -0.05) is 140 Å². The van der Waals surface area contributed by atoms with E-state index in [1.165, 1.54) is 141 Å². The van der Waals surface area contributed by atoms with Crippen molar-refractivity contribution in [2.45, 2.75) is 180 Å². The number of allylic oxidation sites excluding steroid dienone is 8. The SMILES string of the molecule is CCCCCC=CCC=CCCCCCCCCOC1CN(C)C[C@@H]1OCCCCCCCCC=CCC=CCCCCC. The van der Waals surface area contributed by atoms with E-state index in [4.69, 9.17) is 9.47 Å². The molecule has 0 saturated carbocycles. The zero-order valence-corrected chi connectivity index (χ0v) is 29.8. The van der Waals surface area contributed by atoms with Crippen LogP contribution in [0.5, 0.6) is 0 Å². The molecule has 0 aromatic heterocycles. The van der Waals surface area contributed by atoms with Crippen LogP contribution in [0.15, 0.2) is 48.6 Å². The summed E-state index contributed by atoms with van der Waals surface area (Å²) in [7, 11) is 2.20. The van der Waals surface area contributed by atoms with Crippen molar-refractivity contribution in [3.63, 3.8) is 0 Å². The third kappa shape index (κ3) is 27.2. The second kappa shape index (κ2) is 33.2. The van der Waals surface area contributed by atoms with Crippen molar-refractivity contribution < 1.29 is 9.47 Å². The molecule has 3 heteroatoms. The van der Waals surface area contributed by atoms with Gasteiger partial charge in [0.2, 0.25) is 0 Å². The Balaban J connectivity index is 1.90. The molecule has 256 valence electrons. The molecule has 2 atom stereocenters. The Bertz CT molecular complexity index is 639. The molecule has 1 heterocycles. The van der Waals surface area contributed by atoms with Gasteiger partial charge in [0.05, 0.1) is 12.2 Å². The first kappa shape index (κ1) is 40.9. The average Bonchev–Trinajstić information content (AvgIpc) is 3.38. The Labute approximate surface area is 276 Å². The van der Waals surface area contributed by atoms with Crippen LogP contribution in [0.25, 0.3) is 0 Å². The van der Waals surface area contributed by atoms with Crippen LogP contribution in [0.3, 0.4) is 0 Å². The molecule has 1 fully saturated rings. The number of rotatable bonds is 32. The third-order valence-corrected chi connectivity index (χ3v) is 8.75. The fourth-order valence-corrected chi connectivity index (χ4v) is 5.89. The molecule has 0 amide bonds. The van der Waals surface area contributed by atoms with Crippen LogP contribution in [-0.2, 0) is 9.47 Å². The van der Waals surface area contributed by atoms with Gasteiger partial charge in [0.25, 0.3) is 0 Å². The Morgan fingerprint density at radius 3 is 1.11 bits per heavy atom. The maximum absolute atomic E-state index is 6.30. The minimum Gasteiger partial charge on any atom is -0.374 e. The van der Waals surface area contributed by atoms with Crippen LogP contribution < -0.4 is 0 Å². The van der Waals surface area contributed by atoms with E-state index >= 15 is 0 Å². The minimum absolute atomic E-state index is 0.252. The molecule has 0 spiro atoms. The maximum atomic E-state index is 6.30. The third-order valence-electron chi connectivity index (χ3n) is 8.75. The monoisotopic (exact) mass is 614 g/mol. The van der Waals surface area contributed by atoms with Gasteiger partial charge in [-0.15, -0.1) is 0 Å². The van der Waals surface area contributed by atoms with Crippen molar-refractivity contribution in [3.8, 4) is 0 Å². The summed E-state index contributed by atoms with van der Waals surface area (Å²) in [5.74, 6) is 0. The van der Waals surface area contributed by atoms with Gasteiger partial charge in [0.15, 0.2) is 0 Å². The molecule has 1 aliphatic heterocycles. The van der Waals surface area contributed by atoms with E-state index in [1.807, 2.05) is 0 Å². The van der Waals surface area contributed by atoms with E-state index in [2.05, 4.69) is 74.4 Å². The van der Waals surface area contributed by atoms with Crippen LogP contribution in [0, 0.1) is 0 Å². The zero-order chi connectivity index (χ0) is 31.6. The summed E-state index contributed by atoms with van der Waals surface area (Å²) in [4.78, 5) is 2.37. The molecular formula is C41H75NO2. The summed E-state index contributed by atoms with van der Waals surface area (Å²) in [5.41, 5.74) is 0. The van der Waals surface area contributed by atoms with E-state index in [-0.39, 0.29) is 12.2 Å². The summed E-state index contributed by atoms with van der Waals surface area (Å²) < 4.78 is 12.6. The van der Waals surface area contributed by atoms with Gasteiger partial charge in [0.1, 0.15) is 0 Å². The second-order valence-corrected chi connectivity index (χ2v) is 13.2. The highest BCUT2D eigenvalue weighted by atomic mass is 16.5. The van der Waals surface area contributed by atoms with Crippen LogP contribution >= 0.6 is 0 Å². The highest BCUT2D eigenvalue weighted by Crippen LogP contribution is 2.18. The molecule has 0 radical (unpaired) electrons. The Morgan fingerprint density at radius 1 is 0.432 bits per heavy atom. The van der Waals surface area contributed by atoms with Crippen LogP contribution in [0.4, 0.5) is 0 Å². The van der Waals surface area contributed by atoms with Crippen molar-refractivity contribution in [1.29, 1.82) is 0 Å². The summed E-state index contributed by atoms with van der Waals surface area (Å²) in [6.45, 7) is 8.33. The summed E-state index contributed by atoms with van der Waals surface area (Å²) >= 11 is 0. The minimum atomic E-state index is 0.252. The first-order valence-corrected chi connectivity index (χ1v) is 19.3. The molecular weight excluding hydrogens is 538 g/mol. The Kier molecular flexibility index (Phi) is 30.8. The van der Waals surface area contributed by atoms with Gasteiger partial charge in [-0.05, 0) is 84.1 Å². The lowest BCUT2D eigenvalue weighted by atomic mass is 10.1. The smallest absolute Gasteiger partial charge is 0.0975 e. The van der Waals surface area contributed by atoms with Gasteiger partial charge in [-0.25, -0.2) is 0 Å². The van der Waals surface area contributed by atoms with Gasteiger partial charge >= 0.3 is 0 Å². The average molecular weight is 614 g/mol. The van der Waals surface area contributed by atoms with E-state index in [0.717, 1.165) is 39.1 Å².